The van der Waals surface area contributed by atoms with Crippen LogP contribution in [0.4, 0.5) is 0 Å². The Bertz CT molecular complexity index is 1000. The fourth-order valence-corrected chi connectivity index (χ4v) is 4.67. The lowest BCUT2D eigenvalue weighted by Crippen LogP contribution is -2.27. The number of thioether (sulfide) groups is 1. The summed E-state index contributed by atoms with van der Waals surface area (Å²) in [6.07, 6.45) is 3.47. The summed E-state index contributed by atoms with van der Waals surface area (Å²) in [4.78, 5) is 14.6. The number of nitrogens with zero attached hydrogens (tertiary/aromatic N) is 1. The molecule has 0 bridgehead atoms. The van der Waals surface area contributed by atoms with E-state index in [-0.39, 0.29) is 5.91 Å². The van der Waals surface area contributed by atoms with Gasteiger partial charge in [-0.2, -0.15) is 0 Å². The fourth-order valence-electron chi connectivity index (χ4n) is 2.82. The molecule has 150 valence electrons. The third-order valence-corrected chi connectivity index (χ3v) is 6.33. The van der Waals surface area contributed by atoms with Crippen LogP contribution in [-0.4, -0.2) is 28.8 Å². The van der Waals surface area contributed by atoms with Crippen molar-refractivity contribution in [2.75, 3.05) is 13.7 Å². The topological polar surface area (TPSA) is 38.8 Å². The van der Waals surface area contributed by atoms with Gasteiger partial charge >= 0.3 is 0 Å². The van der Waals surface area contributed by atoms with Crippen LogP contribution in [-0.2, 0) is 11.4 Å². The molecule has 1 fully saturated rings. The molecule has 0 saturated carbocycles. The van der Waals surface area contributed by atoms with Crippen LogP contribution >= 0.6 is 39.9 Å². The number of rotatable bonds is 7. The fraction of sp³-hybridized carbons (Fsp3) is 0.182. The summed E-state index contributed by atoms with van der Waals surface area (Å²) in [6, 6.07) is 11.8. The third-order valence-electron chi connectivity index (χ3n) is 4.37. The Kier molecular flexibility index (Phi) is 7.16. The van der Waals surface area contributed by atoms with Crippen molar-refractivity contribution in [2.24, 2.45) is 0 Å². The highest BCUT2D eigenvalue weighted by atomic mass is 79.9. The molecule has 7 heteroatoms. The minimum absolute atomic E-state index is 0.116. The molecule has 0 N–H and O–H groups in total. The number of amides is 1. The van der Waals surface area contributed by atoms with E-state index in [1.165, 1.54) is 22.2 Å². The van der Waals surface area contributed by atoms with E-state index in [2.05, 4.69) is 35.5 Å². The van der Waals surface area contributed by atoms with Crippen molar-refractivity contribution in [2.45, 2.75) is 13.5 Å². The van der Waals surface area contributed by atoms with Gasteiger partial charge in [0.15, 0.2) is 11.5 Å². The number of benzene rings is 2. The van der Waals surface area contributed by atoms with Gasteiger partial charge in [0.1, 0.15) is 10.9 Å². The molecule has 2 aromatic carbocycles. The second-order valence-corrected chi connectivity index (χ2v) is 8.86. The van der Waals surface area contributed by atoms with E-state index < -0.39 is 0 Å². The molecule has 0 radical (unpaired) electrons. The Morgan fingerprint density at radius 3 is 2.76 bits per heavy atom. The highest BCUT2D eigenvalue weighted by Crippen LogP contribution is 2.39. The zero-order valence-corrected chi connectivity index (χ0v) is 19.3. The largest absolute Gasteiger partial charge is 0.493 e. The maximum absolute atomic E-state index is 12.5. The lowest BCUT2D eigenvalue weighted by Gasteiger charge is -2.14. The third kappa shape index (κ3) is 4.91. The first kappa shape index (κ1) is 21.6. The zero-order chi connectivity index (χ0) is 21.0. The van der Waals surface area contributed by atoms with Crippen LogP contribution in [0.5, 0.6) is 11.5 Å². The normalized spacial score (nSPS) is 15.1. The summed E-state index contributed by atoms with van der Waals surface area (Å²) in [7, 11) is 1.59. The van der Waals surface area contributed by atoms with Crippen LogP contribution in [0.25, 0.3) is 6.08 Å². The number of ether oxygens (including phenoxy) is 2. The van der Waals surface area contributed by atoms with Crippen molar-refractivity contribution in [3.05, 3.63) is 75.1 Å². The molecule has 0 atom stereocenters. The van der Waals surface area contributed by atoms with E-state index in [1.54, 1.807) is 19.3 Å². The standard InChI is InChI=1S/C22H20BrNO3S2/c1-4-9-24-21(25)19(29-22(24)28)12-15-10-17(23)20(18(11-15)26-3)27-13-16-8-6-5-7-14(16)2/h4-8,10-12H,1,9,13H2,2-3H3/b19-12+. The van der Waals surface area contributed by atoms with Crippen LogP contribution in [0.1, 0.15) is 16.7 Å². The van der Waals surface area contributed by atoms with Crippen LogP contribution in [0.3, 0.4) is 0 Å². The molecule has 4 nitrogen and oxygen atoms in total. The van der Waals surface area contributed by atoms with Gasteiger partial charge in [0, 0.05) is 6.54 Å². The van der Waals surface area contributed by atoms with Crippen molar-refractivity contribution in [3.8, 4) is 11.5 Å². The first-order valence-electron chi connectivity index (χ1n) is 8.85. The van der Waals surface area contributed by atoms with Gasteiger partial charge in [-0.25, -0.2) is 0 Å². The monoisotopic (exact) mass is 489 g/mol. The van der Waals surface area contributed by atoms with Crippen molar-refractivity contribution in [3.63, 3.8) is 0 Å². The van der Waals surface area contributed by atoms with Crippen LogP contribution in [0.2, 0.25) is 0 Å². The number of hydrogen-bond donors (Lipinski definition) is 0. The minimum atomic E-state index is -0.116. The van der Waals surface area contributed by atoms with Crippen LogP contribution in [0, 0.1) is 6.92 Å². The SMILES string of the molecule is C=CCN1C(=O)/C(=C\c2cc(Br)c(OCc3ccccc3C)c(OC)c2)SC1=S. The maximum atomic E-state index is 12.5. The molecule has 1 amide bonds. The number of carbonyl (C=O) groups excluding carboxylic acids is 1. The predicted molar refractivity (Wildman–Crippen MR) is 126 cm³/mol. The highest BCUT2D eigenvalue weighted by molar-refractivity contribution is 9.10. The Morgan fingerprint density at radius 2 is 2.07 bits per heavy atom. The van der Waals surface area contributed by atoms with Gasteiger partial charge in [-0.15, -0.1) is 6.58 Å². The first-order valence-corrected chi connectivity index (χ1v) is 10.9. The summed E-state index contributed by atoms with van der Waals surface area (Å²) in [5, 5.41) is 0. The zero-order valence-electron chi connectivity index (χ0n) is 16.1. The highest BCUT2D eigenvalue weighted by Gasteiger charge is 2.31. The van der Waals surface area contributed by atoms with E-state index in [0.717, 1.165) is 15.6 Å². The molecule has 0 aromatic heterocycles. The quantitative estimate of drug-likeness (QED) is 0.282. The molecule has 0 unspecified atom stereocenters. The molecular formula is C22H20BrNO3S2. The molecule has 2 aromatic rings. The molecule has 0 spiro atoms. The lowest BCUT2D eigenvalue weighted by molar-refractivity contribution is -0.121. The Labute approximate surface area is 188 Å². The number of methoxy groups -OCH3 is 1. The van der Waals surface area contributed by atoms with Crippen molar-refractivity contribution in [1.82, 2.24) is 4.90 Å². The van der Waals surface area contributed by atoms with Gasteiger partial charge in [0.25, 0.3) is 5.91 Å². The van der Waals surface area contributed by atoms with E-state index in [1.807, 2.05) is 30.3 Å². The average molecular weight is 490 g/mol. The summed E-state index contributed by atoms with van der Waals surface area (Å²) < 4.78 is 12.8. The van der Waals surface area contributed by atoms with Gasteiger partial charge in [0.05, 0.1) is 16.5 Å². The van der Waals surface area contributed by atoms with Crippen LogP contribution in [0.15, 0.2) is 58.4 Å². The summed E-state index contributed by atoms with van der Waals surface area (Å²) in [5.74, 6) is 1.09. The van der Waals surface area contributed by atoms with Crippen molar-refractivity contribution < 1.29 is 14.3 Å². The number of thiocarbonyl (C=S) groups is 1. The second-order valence-electron chi connectivity index (χ2n) is 6.33. The summed E-state index contributed by atoms with van der Waals surface area (Å²) in [5.41, 5.74) is 3.09. The summed E-state index contributed by atoms with van der Waals surface area (Å²) in [6.45, 7) is 6.56. The van der Waals surface area contributed by atoms with Gasteiger partial charge in [-0.1, -0.05) is 54.3 Å². The summed E-state index contributed by atoms with van der Waals surface area (Å²) >= 11 is 10.1. The predicted octanol–water partition coefficient (Wildman–Crippen LogP) is 5.73. The van der Waals surface area contributed by atoms with Gasteiger partial charge < -0.3 is 9.47 Å². The Balaban J connectivity index is 1.85. The maximum Gasteiger partial charge on any atom is 0.266 e. The smallest absolute Gasteiger partial charge is 0.266 e. The molecular weight excluding hydrogens is 470 g/mol. The number of halogens is 1. The van der Waals surface area contributed by atoms with E-state index in [9.17, 15) is 4.79 Å². The number of hydrogen-bond acceptors (Lipinski definition) is 5. The van der Waals surface area contributed by atoms with Gasteiger partial charge in [0.2, 0.25) is 0 Å². The second kappa shape index (κ2) is 9.61. The number of aryl methyl sites for hydroxylation is 1. The van der Waals surface area contributed by atoms with Crippen molar-refractivity contribution >= 4 is 56.2 Å². The van der Waals surface area contributed by atoms with E-state index in [4.69, 9.17) is 21.7 Å². The molecule has 1 saturated heterocycles. The van der Waals surface area contributed by atoms with Gasteiger partial charge in [-0.3, -0.25) is 9.69 Å². The van der Waals surface area contributed by atoms with Gasteiger partial charge in [-0.05, 0) is 57.8 Å². The minimum Gasteiger partial charge on any atom is -0.493 e. The van der Waals surface area contributed by atoms with Crippen molar-refractivity contribution in [1.29, 1.82) is 0 Å². The molecule has 3 rings (SSSR count). The lowest BCUT2D eigenvalue weighted by atomic mass is 10.1. The Hall–Kier alpha value is -2.09. The molecule has 29 heavy (non-hydrogen) atoms. The number of carbonyl (C=O) groups is 1. The van der Waals surface area contributed by atoms with Crippen LogP contribution < -0.4 is 9.47 Å². The molecule has 1 heterocycles. The first-order chi connectivity index (χ1) is 13.9. The molecule has 1 aliphatic rings. The van der Waals surface area contributed by atoms with E-state index in [0.29, 0.717) is 33.9 Å². The molecule has 0 aliphatic carbocycles. The van der Waals surface area contributed by atoms with E-state index >= 15 is 0 Å². The Morgan fingerprint density at radius 1 is 1.31 bits per heavy atom. The molecule has 1 aliphatic heterocycles. The average Bonchev–Trinajstić information content (AvgIpc) is 2.95.